The lowest BCUT2D eigenvalue weighted by atomic mass is 10.1. The van der Waals surface area contributed by atoms with Crippen molar-refractivity contribution in [2.75, 3.05) is 33.3 Å². The van der Waals surface area contributed by atoms with Gasteiger partial charge < -0.3 is 20.3 Å². The molecule has 0 radical (unpaired) electrons. The van der Waals surface area contributed by atoms with Crippen LogP contribution in [-0.2, 0) is 22.5 Å². The third-order valence-corrected chi connectivity index (χ3v) is 5.80. The lowest BCUT2D eigenvalue weighted by Crippen LogP contribution is -2.38. The number of primary amides is 1. The topological polar surface area (TPSA) is 75.9 Å². The minimum Gasteiger partial charge on any atom is -0.469 e. The summed E-state index contributed by atoms with van der Waals surface area (Å²) in [7, 11) is 1.41. The number of ether oxygens (including phenoxy) is 1. The van der Waals surface area contributed by atoms with E-state index in [9.17, 15) is 9.59 Å². The lowest BCUT2D eigenvalue weighted by Gasteiger charge is -2.25. The second kappa shape index (κ2) is 13.8. The fourth-order valence-corrected chi connectivity index (χ4v) is 3.69. The van der Waals surface area contributed by atoms with Gasteiger partial charge in [0.15, 0.2) is 0 Å². The molecule has 2 aromatic carbocycles. The molecule has 2 aromatic rings. The first kappa shape index (κ1) is 25.7. The molecule has 6 nitrogen and oxygen atoms in total. The molecule has 2 amide bonds. The molecule has 7 heteroatoms. The van der Waals surface area contributed by atoms with Gasteiger partial charge in [0, 0.05) is 31.1 Å². The Morgan fingerprint density at radius 1 is 0.969 bits per heavy atom. The van der Waals surface area contributed by atoms with Crippen LogP contribution in [0.25, 0.3) is 0 Å². The third-order valence-electron chi connectivity index (χ3n) is 5.55. The third kappa shape index (κ3) is 9.28. The van der Waals surface area contributed by atoms with Crippen LogP contribution in [0.3, 0.4) is 0 Å². The van der Waals surface area contributed by atoms with Crippen LogP contribution < -0.4 is 5.73 Å². The molecule has 0 heterocycles. The molecule has 2 rings (SSSR count). The van der Waals surface area contributed by atoms with Crippen LogP contribution >= 0.6 is 11.6 Å². The van der Waals surface area contributed by atoms with Crippen molar-refractivity contribution in [3.05, 3.63) is 70.2 Å². The Morgan fingerprint density at radius 3 is 2.31 bits per heavy atom. The number of hydrogen-bond donors (Lipinski definition) is 1. The van der Waals surface area contributed by atoms with Crippen molar-refractivity contribution < 1.29 is 14.3 Å². The van der Waals surface area contributed by atoms with Crippen molar-refractivity contribution in [1.82, 2.24) is 9.80 Å². The summed E-state index contributed by atoms with van der Waals surface area (Å²) in [5.41, 5.74) is 9.10. The molecular weight excluding hydrogens is 426 g/mol. The number of hydrogen-bond acceptors (Lipinski definition) is 4. The van der Waals surface area contributed by atoms with Crippen LogP contribution in [0.15, 0.2) is 48.5 Å². The maximum atomic E-state index is 12.0. The van der Waals surface area contributed by atoms with Gasteiger partial charge in [-0.05, 0) is 68.1 Å². The number of esters is 1. The van der Waals surface area contributed by atoms with Gasteiger partial charge in [-0.25, -0.2) is 4.79 Å². The van der Waals surface area contributed by atoms with Crippen molar-refractivity contribution in [1.29, 1.82) is 0 Å². The van der Waals surface area contributed by atoms with Crippen molar-refractivity contribution in [2.45, 2.75) is 39.2 Å². The second-order valence-electron chi connectivity index (χ2n) is 7.94. The number of benzene rings is 2. The molecule has 32 heavy (non-hydrogen) atoms. The number of urea groups is 1. The minimum absolute atomic E-state index is 0.194. The van der Waals surface area contributed by atoms with E-state index < -0.39 is 6.03 Å². The molecule has 0 aliphatic carbocycles. The van der Waals surface area contributed by atoms with Crippen LogP contribution in [0.4, 0.5) is 4.79 Å². The number of halogens is 1. The molecular formula is C25H34ClN3O3. The van der Waals surface area contributed by atoms with Crippen LogP contribution in [0.1, 0.15) is 36.0 Å². The van der Waals surface area contributed by atoms with Crippen molar-refractivity contribution in [3.63, 3.8) is 0 Å². The molecule has 0 unspecified atom stereocenters. The first-order chi connectivity index (χ1) is 15.4. The number of aryl methyl sites for hydroxylation is 1. The van der Waals surface area contributed by atoms with E-state index in [0.717, 1.165) is 55.0 Å². The minimum atomic E-state index is -0.411. The highest BCUT2D eigenvalue weighted by Gasteiger charge is 2.13. The average Bonchev–Trinajstić information content (AvgIpc) is 2.78. The normalized spacial score (nSPS) is 10.9. The Morgan fingerprint density at radius 2 is 1.66 bits per heavy atom. The monoisotopic (exact) mass is 459 g/mol. The number of carbonyl (C=O) groups excluding carboxylic acids is 2. The van der Waals surface area contributed by atoms with Crippen molar-refractivity contribution in [2.24, 2.45) is 5.73 Å². The summed E-state index contributed by atoms with van der Waals surface area (Å²) in [5.74, 6) is -0.194. The molecule has 0 atom stereocenters. The standard InChI is InChI=1S/C25H34ClN3O3/c1-20-7-3-4-8-22(20)19-29(25(27)31)17-6-16-28(15-5-9-24(30)32-2)18-14-21-10-12-23(26)13-11-21/h3-4,7-8,10-13H,5-6,9,14-19H2,1-2H3,(H2,27,31). The Balaban J connectivity index is 1.90. The molecule has 0 bridgehead atoms. The van der Waals surface area contributed by atoms with Crippen LogP contribution in [0.5, 0.6) is 0 Å². The molecule has 0 spiro atoms. The fourth-order valence-electron chi connectivity index (χ4n) is 3.57. The maximum absolute atomic E-state index is 12.0. The number of methoxy groups -OCH3 is 1. The fraction of sp³-hybridized carbons (Fsp3) is 0.440. The van der Waals surface area contributed by atoms with Gasteiger partial charge in [0.05, 0.1) is 7.11 Å². The van der Waals surface area contributed by atoms with E-state index in [1.165, 1.54) is 12.7 Å². The van der Waals surface area contributed by atoms with E-state index in [-0.39, 0.29) is 5.97 Å². The zero-order valence-corrected chi connectivity index (χ0v) is 19.8. The average molecular weight is 460 g/mol. The summed E-state index contributed by atoms with van der Waals surface area (Å²) in [6, 6.07) is 15.5. The quantitative estimate of drug-likeness (QED) is 0.450. The molecule has 0 saturated heterocycles. The van der Waals surface area contributed by atoms with E-state index in [4.69, 9.17) is 22.1 Å². The molecule has 174 valence electrons. The molecule has 2 N–H and O–H groups in total. The highest BCUT2D eigenvalue weighted by molar-refractivity contribution is 6.30. The summed E-state index contributed by atoms with van der Waals surface area (Å²) in [4.78, 5) is 27.5. The van der Waals surface area contributed by atoms with Gasteiger partial charge in [0.1, 0.15) is 0 Å². The molecule has 0 aromatic heterocycles. The highest BCUT2D eigenvalue weighted by Crippen LogP contribution is 2.13. The molecule has 0 aliphatic rings. The Labute approximate surface area is 196 Å². The van der Waals surface area contributed by atoms with E-state index in [1.807, 2.05) is 55.5 Å². The van der Waals surface area contributed by atoms with Gasteiger partial charge in [0.25, 0.3) is 0 Å². The van der Waals surface area contributed by atoms with E-state index in [2.05, 4.69) is 4.90 Å². The van der Waals surface area contributed by atoms with Crippen molar-refractivity contribution in [3.8, 4) is 0 Å². The van der Waals surface area contributed by atoms with Gasteiger partial charge in [-0.3, -0.25) is 4.79 Å². The smallest absolute Gasteiger partial charge is 0.315 e. The summed E-state index contributed by atoms with van der Waals surface area (Å²) in [6.07, 6.45) is 2.82. The zero-order chi connectivity index (χ0) is 23.3. The van der Waals surface area contributed by atoms with E-state index in [0.29, 0.717) is 19.5 Å². The number of nitrogens with two attached hydrogens (primary N) is 1. The summed E-state index contributed by atoms with van der Waals surface area (Å²) in [5, 5.41) is 0.726. The van der Waals surface area contributed by atoms with Crippen LogP contribution in [-0.4, -0.2) is 55.1 Å². The van der Waals surface area contributed by atoms with Gasteiger partial charge in [-0.15, -0.1) is 0 Å². The zero-order valence-electron chi connectivity index (χ0n) is 19.1. The molecule has 0 fully saturated rings. The van der Waals surface area contributed by atoms with Gasteiger partial charge in [-0.1, -0.05) is 48.0 Å². The Hall–Kier alpha value is -2.57. The number of carbonyl (C=O) groups is 2. The number of amides is 2. The van der Waals surface area contributed by atoms with Crippen molar-refractivity contribution >= 4 is 23.6 Å². The summed E-state index contributed by atoms with van der Waals surface area (Å²) in [6.45, 7) is 5.59. The highest BCUT2D eigenvalue weighted by atomic mass is 35.5. The second-order valence-corrected chi connectivity index (χ2v) is 8.37. The largest absolute Gasteiger partial charge is 0.469 e. The molecule has 0 aliphatic heterocycles. The first-order valence-electron chi connectivity index (χ1n) is 11.0. The van der Waals surface area contributed by atoms with E-state index in [1.54, 1.807) is 4.90 Å². The van der Waals surface area contributed by atoms with Gasteiger partial charge >= 0.3 is 12.0 Å². The number of rotatable bonds is 13. The van der Waals surface area contributed by atoms with Crippen LogP contribution in [0, 0.1) is 6.92 Å². The summed E-state index contributed by atoms with van der Waals surface area (Å²) < 4.78 is 4.75. The predicted octanol–water partition coefficient (Wildman–Crippen LogP) is 4.42. The van der Waals surface area contributed by atoms with Gasteiger partial charge in [0.2, 0.25) is 0 Å². The van der Waals surface area contributed by atoms with E-state index >= 15 is 0 Å². The lowest BCUT2D eigenvalue weighted by molar-refractivity contribution is -0.140. The predicted molar refractivity (Wildman–Crippen MR) is 129 cm³/mol. The number of nitrogens with zero attached hydrogens (tertiary/aromatic N) is 2. The van der Waals surface area contributed by atoms with Gasteiger partial charge in [-0.2, -0.15) is 0 Å². The maximum Gasteiger partial charge on any atom is 0.315 e. The SMILES string of the molecule is COC(=O)CCCN(CCCN(Cc1ccccc1C)C(N)=O)CCc1ccc(Cl)cc1. The Bertz CT molecular complexity index is 858. The van der Waals surface area contributed by atoms with Crippen LogP contribution in [0.2, 0.25) is 5.02 Å². The molecule has 0 saturated carbocycles. The Kier molecular flexibility index (Phi) is 11.0. The summed E-state index contributed by atoms with van der Waals surface area (Å²) >= 11 is 5.98. The first-order valence-corrected chi connectivity index (χ1v) is 11.4.